The van der Waals surface area contributed by atoms with Crippen molar-refractivity contribution in [2.45, 2.75) is 32.1 Å². The third-order valence-corrected chi connectivity index (χ3v) is 5.16. The number of hydrogen-bond acceptors (Lipinski definition) is 6. The smallest absolute Gasteiger partial charge is 0.250 e. The monoisotopic (exact) mass is 380 g/mol. The van der Waals surface area contributed by atoms with E-state index in [9.17, 15) is 4.79 Å². The number of hydrogen-bond donors (Lipinski definition) is 1. The van der Waals surface area contributed by atoms with Gasteiger partial charge in [0.05, 0.1) is 18.4 Å². The Morgan fingerprint density at radius 2 is 1.96 bits per heavy atom. The highest BCUT2D eigenvalue weighted by molar-refractivity contribution is 5.92. The number of carbonyl (C=O) groups excluding carboxylic acids is 1. The van der Waals surface area contributed by atoms with Crippen molar-refractivity contribution in [3.05, 3.63) is 54.3 Å². The highest BCUT2D eigenvalue weighted by Crippen LogP contribution is 2.29. The van der Waals surface area contributed by atoms with Gasteiger partial charge in [-0.05, 0) is 56.1 Å². The van der Waals surface area contributed by atoms with Gasteiger partial charge in [-0.25, -0.2) is 0 Å². The standard InChI is InChI=1S/C21H24N4O3/c1-2-15-3-5-18(6-4-15)22-19(26)13-25-10-7-16(8-11-25)20-23-24-21(28-20)17-9-12-27-14-17/h3-6,9,12,14,16H,2,7-8,10-11,13H2,1H3,(H,22,26). The number of furan rings is 1. The Bertz CT molecular complexity index is 894. The van der Waals surface area contributed by atoms with E-state index in [0.717, 1.165) is 43.6 Å². The number of likely N-dealkylation sites (tertiary alicyclic amines) is 1. The SMILES string of the molecule is CCc1ccc(NC(=O)CN2CCC(c3nnc(-c4ccoc4)o3)CC2)cc1. The van der Waals surface area contributed by atoms with Crippen LogP contribution in [0.4, 0.5) is 5.69 Å². The molecule has 1 aliphatic rings. The lowest BCUT2D eigenvalue weighted by atomic mass is 9.97. The van der Waals surface area contributed by atoms with Crippen molar-refractivity contribution in [2.75, 3.05) is 25.0 Å². The molecule has 1 amide bonds. The van der Waals surface area contributed by atoms with Crippen LogP contribution >= 0.6 is 0 Å². The lowest BCUT2D eigenvalue weighted by molar-refractivity contribution is -0.117. The highest BCUT2D eigenvalue weighted by Gasteiger charge is 2.26. The molecular formula is C21H24N4O3. The molecule has 0 bridgehead atoms. The second kappa shape index (κ2) is 8.39. The summed E-state index contributed by atoms with van der Waals surface area (Å²) in [5, 5.41) is 11.3. The third-order valence-electron chi connectivity index (χ3n) is 5.16. The number of aryl methyl sites for hydroxylation is 1. The van der Waals surface area contributed by atoms with Gasteiger partial charge in [0.1, 0.15) is 6.26 Å². The number of piperidine rings is 1. The van der Waals surface area contributed by atoms with E-state index in [1.807, 2.05) is 24.3 Å². The Morgan fingerprint density at radius 1 is 1.18 bits per heavy atom. The molecular weight excluding hydrogens is 356 g/mol. The van der Waals surface area contributed by atoms with E-state index in [-0.39, 0.29) is 11.8 Å². The van der Waals surface area contributed by atoms with Crippen LogP contribution in [0.1, 0.15) is 37.1 Å². The van der Waals surface area contributed by atoms with Crippen LogP contribution in [0.2, 0.25) is 0 Å². The maximum Gasteiger partial charge on any atom is 0.250 e. The fraction of sp³-hybridized carbons (Fsp3) is 0.381. The molecule has 4 rings (SSSR count). The Labute approximate surface area is 163 Å². The summed E-state index contributed by atoms with van der Waals surface area (Å²) in [5.74, 6) is 1.40. The molecule has 3 heterocycles. The molecule has 1 saturated heterocycles. The number of amides is 1. The largest absolute Gasteiger partial charge is 0.472 e. The molecule has 1 N–H and O–H groups in total. The van der Waals surface area contributed by atoms with Gasteiger partial charge in [0, 0.05) is 11.6 Å². The molecule has 0 spiro atoms. The first-order valence-electron chi connectivity index (χ1n) is 9.68. The molecule has 1 fully saturated rings. The van der Waals surface area contributed by atoms with Crippen molar-refractivity contribution in [3.8, 4) is 11.5 Å². The second-order valence-corrected chi connectivity index (χ2v) is 7.11. The topological polar surface area (TPSA) is 84.4 Å². The van der Waals surface area contributed by atoms with Gasteiger partial charge in [0.15, 0.2) is 0 Å². The van der Waals surface area contributed by atoms with Crippen molar-refractivity contribution in [1.29, 1.82) is 0 Å². The van der Waals surface area contributed by atoms with Crippen LogP contribution in [-0.2, 0) is 11.2 Å². The van der Waals surface area contributed by atoms with E-state index < -0.39 is 0 Å². The summed E-state index contributed by atoms with van der Waals surface area (Å²) in [6.45, 7) is 4.17. The Hall–Kier alpha value is -2.93. The van der Waals surface area contributed by atoms with Crippen molar-refractivity contribution in [3.63, 3.8) is 0 Å². The number of anilines is 1. The summed E-state index contributed by atoms with van der Waals surface area (Å²) in [6.07, 6.45) is 5.96. The number of aromatic nitrogens is 2. The zero-order valence-electron chi connectivity index (χ0n) is 15.9. The van der Waals surface area contributed by atoms with E-state index in [4.69, 9.17) is 8.83 Å². The van der Waals surface area contributed by atoms with E-state index in [1.165, 1.54) is 5.56 Å². The van der Waals surface area contributed by atoms with Gasteiger partial charge in [0.25, 0.3) is 5.89 Å². The van der Waals surface area contributed by atoms with Crippen LogP contribution in [0.3, 0.4) is 0 Å². The second-order valence-electron chi connectivity index (χ2n) is 7.11. The van der Waals surface area contributed by atoms with Gasteiger partial charge >= 0.3 is 0 Å². The fourth-order valence-electron chi connectivity index (χ4n) is 3.47. The van der Waals surface area contributed by atoms with Gasteiger partial charge in [-0.2, -0.15) is 0 Å². The zero-order valence-corrected chi connectivity index (χ0v) is 15.9. The third kappa shape index (κ3) is 4.31. The predicted molar refractivity (Wildman–Crippen MR) is 105 cm³/mol. The van der Waals surface area contributed by atoms with Crippen molar-refractivity contribution in [1.82, 2.24) is 15.1 Å². The average molecular weight is 380 g/mol. The summed E-state index contributed by atoms with van der Waals surface area (Å²) < 4.78 is 10.9. The minimum Gasteiger partial charge on any atom is -0.472 e. The minimum absolute atomic E-state index is 0.0164. The van der Waals surface area contributed by atoms with E-state index in [1.54, 1.807) is 18.6 Å². The predicted octanol–water partition coefficient (Wildman–Crippen LogP) is 3.71. The molecule has 2 aromatic heterocycles. The first-order valence-corrected chi connectivity index (χ1v) is 9.68. The normalized spacial score (nSPS) is 15.6. The quantitative estimate of drug-likeness (QED) is 0.702. The van der Waals surface area contributed by atoms with Crippen LogP contribution < -0.4 is 5.32 Å². The summed E-state index contributed by atoms with van der Waals surface area (Å²) >= 11 is 0. The number of nitrogens with zero attached hydrogens (tertiary/aromatic N) is 3. The minimum atomic E-state index is 0.0164. The van der Waals surface area contributed by atoms with Crippen molar-refractivity contribution < 1.29 is 13.6 Å². The van der Waals surface area contributed by atoms with Crippen LogP contribution in [0.15, 0.2) is 51.7 Å². The Kier molecular flexibility index (Phi) is 5.53. The summed E-state index contributed by atoms with van der Waals surface area (Å²) in [4.78, 5) is 14.5. The molecule has 146 valence electrons. The zero-order chi connectivity index (χ0) is 19.3. The molecule has 0 unspecified atom stereocenters. The highest BCUT2D eigenvalue weighted by atomic mass is 16.4. The maximum absolute atomic E-state index is 12.3. The first-order chi connectivity index (χ1) is 13.7. The van der Waals surface area contributed by atoms with E-state index in [0.29, 0.717) is 18.3 Å². The lowest BCUT2D eigenvalue weighted by Crippen LogP contribution is -2.38. The Balaban J connectivity index is 1.26. The number of nitrogens with one attached hydrogen (secondary N) is 1. The molecule has 1 aliphatic heterocycles. The summed E-state index contributed by atoms with van der Waals surface area (Å²) in [6, 6.07) is 9.80. The van der Waals surface area contributed by atoms with Gasteiger partial charge in [0.2, 0.25) is 11.8 Å². The molecule has 0 radical (unpaired) electrons. The molecule has 1 aromatic carbocycles. The molecule has 0 atom stereocenters. The number of rotatable bonds is 6. The van der Waals surface area contributed by atoms with Gasteiger partial charge in [-0.15, -0.1) is 10.2 Å². The van der Waals surface area contributed by atoms with Crippen molar-refractivity contribution >= 4 is 11.6 Å². The molecule has 3 aromatic rings. The van der Waals surface area contributed by atoms with Crippen LogP contribution in [0.5, 0.6) is 0 Å². The first kappa shape index (κ1) is 18.4. The average Bonchev–Trinajstić information content (AvgIpc) is 3.41. The van der Waals surface area contributed by atoms with Crippen molar-refractivity contribution in [2.24, 2.45) is 0 Å². The molecule has 0 saturated carbocycles. The van der Waals surface area contributed by atoms with Crippen LogP contribution in [0.25, 0.3) is 11.5 Å². The maximum atomic E-state index is 12.3. The van der Waals surface area contributed by atoms with E-state index in [2.05, 4.69) is 27.3 Å². The van der Waals surface area contributed by atoms with Gasteiger partial charge in [-0.1, -0.05) is 19.1 Å². The molecule has 7 heteroatoms. The molecule has 7 nitrogen and oxygen atoms in total. The lowest BCUT2D eigenvalue weighted by Gasteiger charge is -2.29. The van der Waals surface area contributed by atoms with Crippen LogP contribution in [0, 0.1) is 0 Å². The summed E-state index contributed by atoms with van der Waals surface area (Å²) in [7, 11) is 0. The van der Waals surface area contributed by atoms with Gasteiger partial charge < -0.3 is 14.2 Å². The van der Waals surface area contributed by atoms with Crippen LogP contribution in [-0.4, -0.2) is 40.6 Å². The number of carbonyl (C=O) groups is 1. The fourth-order valence-corrected chi connectivity index (χ4v) is 3.47. The Morgan fingerprint density at radius 3 is 2.64 bits per heavy atom. The number of benzene rings is 1. The summed E-state index contributed by atoms with van der Waals surface area (Å²) in [5.41, 5.74) is 2.89. The molecule has 0 aliphatic carbocycles. The molecule has 28 heavy (non-hydrogen) atoms. The van der Waals surface area contributed by atoms with E-state index >= 15 is 0 Å². The van der Waals surface area contributed by atoms with Gasteiger partial charge in [-0.3, -0.25) is 9.69 Å².